The maximum Gasteiger partial charge on any atom is 0.166 e. The molecule has 2 aliphatic rings. The molecule has 1 aromatic heterocycles. The van der Waals surface area contributed by atoms with E-state index in [1.807, 2.05) is 12.1 Å². The van der Waals surface area contributed by atoms with Crippen molar-refractivity contribution in [3.63, 3.8) is 0 Å². The third-order valence-electron chi connectivity index (χ3n) is 4.06. The molecule has 3 atom stereocenters. The fourth-order valence-electron chi connectivity index (χ4n) is 3.22. The van der Waals surface area contributed by atoms with Gasteiger partial charge in [0.1, 0.15) is 5.76 Å². The standard InChI is InChI=1S/C13H18N2OS/c17-13(14-8-11-2-1-5-16-11)15-12-7-9-3-4-10(12)6-9/h1-2,5,9-10,12H,3-4,6-8H2,(H2,14,15,17)/t9-,10-,12+/m0/s1. The smallest absolute Gasteiger partial charge is 0.166 e. The summed E-state index contributed by atoms with van der Waals surface area (Å²) in [6.07, 6.45) is 7.19. The van der Waals surface area contributed by atoms with Crippen molar-refractivity contribution in [3.05, 3.63) is 24.2 Å². The Kier molecular flexibility index (Phi) is 3.05. The number of hydrogen-bond acceptors (Lipinski definition) is 2. The van der Waals surface area contributed by atoms with E-state index in [9.17, 15) is 0 Å². The highest BCUT2D eigenvalue weighted by atomic mass is 32.1. The Morgan fingerprint density at radius 3 is 3.00 bits per heavy atom. The summed E-state index contributed by atoms with van der Waals surface area (Å²) in [5, 5.41) is 7.41. The molecule has 2 aliphatic carbocycles. The molecule has 2 N–H and O–H groups in total. The lowest BCUT2D eigenvalue weighted by Gasteiger charge is -2.24. The van der Waals surface area contributed by atoms with Gasteiger partial charge in [0.25, 0.3) is 0 Å². The number of hydrogen-bond donors (Lipinski definition) is 2. The Morgan fingerprint density at radius 2 is 2.35 bits per heavy atom. The summed E-state index contributed by atoms with van der Waals surface area (Å²) in [6, 6.07) is 4.45. The molecule has 0 radical (unpaired) electrons. The van der Waals surface area contributed by atoms with Gasteiger partial charge in [-0.2, -0.15) is 0 Å². The summed E-state index contributed by atoms with van der Waals surface area (Å²) in [7, 11) is 0. The lowest BCUT2D eigenvalue weighted by Crippen LogP contribution is -2.43. The molecular weight excluding hydrogens is 232 g/mol. The van der Waals surface area contributed by atoms with Crippen LogP contribution in [0.4, 0.5) is 0 Å². The van der Waals surface area contributed by atoms with Crippen LogP contribution in [0.25, 0.3) is 0 Å². The van der Waals surface area contributed by atoms with Crippen LogP contribution in [0.15, 0.2) is 22.8 Å². The van der Waals surface area contributed by atoms with E-state index < -0.39 is 0 Å². The van der Waals surface area contributed by atoms with Gasteiger partial charge >= 0.3 is 0 Å². The lowest BCUT2D eigenvalue weighted by molar-refractivity contribution is 0.388. The first-order chi connectivity index (χ1) is 8.31. The summed E-state index contributed by atoms with van der Waals surface area (Å²) in [5.41, 5.74) is 0. The van der Waals surface area contributed by atoms with Crippen LogP contribution in [0.3, 0.4) is 0 Å². The molecule has 0 saturated heterocycles. The van der Waals surface area contributed by atoms with Gasteiger partial charge in [0.2, 0.25) is 0 Å². The molecule has 2 saturated carbocycles. The first kappa shape index (κ1) is 11.1. The Morgan fingerprint density at radius 1 is 1.41 bits per heavy atom. The van der Waals surface area contributed by atoms with Crippen LogP contribution >= 0.6 is 12.2 Å². The minimum absolute atomic E-state index is 0.602. The normalized spacial score (nSPS) is 30.5. The third-order valence-corrected chi connectivity index (χ3v) is 4.32. The first-order valence-corrected chi connectivity index (χ1v) is 6.79. The van der Waals surface area contributed by atoms with Crippen LogP contribution in [-0.4, -0.2) is 11.2 Å². The quantitative estimate of drug-likeness (QED) is 0.808. The van der Waals surface area contributed by atoms with Gasteiger partial charge in [0.05, 0.1) is 12.8 Å². The van der Waals surface area contributed by atoms with Gasteiger partial charge in [-0.3, -0.25) is 0 Å². The largest absolute Gasteiger partial charge is 0.467 e. The van der Waals surface area contributed by atoms with Crippen molar-refractivity contribution < 1.29 is 4.42 Å². The highest BCUT2D eigenvalue weighted by Gasteiger charge is 2.39. The fourth-order valence-corrected chi connectivity index (χ4v) is 3.45. The van der Waals surface area contributed by atoms with Crippen LogP contribution < -0.4 is 10.6 Å². The molecule has 17 heavy (non-hydrogen) atoms. The van der Waals surface area contributed by atoms with Gasteiger partial charge in [-0.25, -0.2) is 0 Å². The molecule has 2 bridgehead atoms. The zero-order valence-corrected chi connectivity index (χ0v) is 10.6. The van der Waals surface area contributed by atoms with Gasteiger partial charge in [-0.1, -0.05) is 6.42 Å². The summed E-state index contributed by atoms with van der Waals surface area (Å²) >= 11 is 5.32. The molecule has 1 aromatic rings. The summed E-state index contributed by atoms with van der Waals surface area (Å²) in [6.45, 7) is 0.666. The van der Waals surface area contributed by atoms with Crippen molar-refractivity contribution >= 4 is 17.3 Å². The Hall–Kier alpha value is -1.03. The van der Waals surface area contributed by atoms with Gasteiger partial charge < -0.3 is 15.1 Å². The third kappa shape index (κ3) is 2.46. The zero-order chi connectivity index (χ0) is 11.7. The van der Waals surface area contributed by atoms with E-state index >= 15 is 0 Å². The van der Waals surface area contributed by atoms with Crippen LogP contribution in [0.1, 0.15) is 31.4 Å². The van der Waals surface area contributed by atoms with Gasteiger partial charge in [0, 0.05) is 6.04 Å². The van der Waals surface area contributed by atoms with Crippen molar-refractivity contribution in [2.45, 2.75) is 38.3 Å². The number of thiocarbonyl (C=S) groups is 1. The maximum absolute atomic E-state index is 5.32. The zero-order valence-electron chi connectivity index (χ0n) is 9.82. The average Bonchev–Trinajstić information content (AvgIpc) is 3.03. The molecule has 3 nitrogen and oxygen atoms in total. The van der Waals surface area contributed by atoms with E-state index in [0.29, 0.717) is 12.6 Å². The Labute approximate surface area is 107 Å². The van der Waals surface area contributed by atoms with Gasteiger partial charge in [0.15, 0.2) is 5.11 Å². The van der Waals surface area contributed by atoms with Crippen molar-refractivity contribution in [2.24, 2.45) is 11.8 Å². The molecule has 92 valence electrons. The minimum atomic E-state index is 0.602. The summed E-state index contributed by atoms with van der Waals surface area (Å²) < 4.78 is 5.25. The molecule has 0 aliphatic heterocycles. The first-order valence-electron chi connectivity index (χ1n) is 6.38. The minimum Gasteiger partial charge on any atom is -0.467 e. The second kappa shape index (κ2) is 4.69. The molecular formula is C13H18N2OS. The van der Waals surface area contributed by atoms with E-state index in [0.717, 1.165) is 22.7 Å². The molecule has 1 heterocycles. The number of furan rings is 1. The van der Waals surface area contributed by atoms with Gasteiger partial charge in [-0.05, 0) is 55.4 Å². The Bertz CT molecular complexity index is 390. The highest BCUT2D eigenvalue weighted by Crippen LogP contribution is 2.44. The van der Waals surface area contributed by atoms with E-state index in [1.165, 1.54) is 25.7 Å². The molecule has 0 aromatic carbocycles. The van der Waals surface area contributed by atoms with E-state index in [4.69, 9.17) is 16.6 Å². The molecule has 0 spiro atoms. The Balaban J connectivity index is 1.44. The molecule has 0 unspecified atom stereocenters. The number of nitrogens with one attached hydrogen (secondary N) is 2. The van der Waals surface area contributed by atoms with Gasteiger partial charge in [-0.15, -0.1) is 0 Å². The second-order valence-corrected chi connectivity index (χ2v) is 5.60. The lowest BCUT2D eigenvalue weighted by atomic mass is 9.96. The second-order valence-electron chi connectivity index (χ2n) is 5.19. The van der Waals surface area contributed by atoms with Crippen LogP contribution in [0.2, 0.25) is 0 Å². The predicted octanol–water partition coefficient (Wildman–Crippen LogP) is 2.43. The predicted molar refractivity (Wildman–Crippen MR) is 70.5 cm³/mol. The topological polar surface area (TPSA) is 37.2 Å². The number of fused-ring (bicyclic) bond motifs is 2. The van der Waals surface area contributed by atoms with Crippen LogP contribution in [0.5, 0.6) is 0 Å². The molecule has 4 heteroatoms. The molecule has 3 rings (SSSR count). The molecule has 0 amide bonds. The summed E-state index contributed by atoms with van der Waals surface area (Å²) in [5.74, 6) is 2.72. The summed E-state index contributed by atoms with van der Waals surface area (Å²) in [4.78, 5) is 0. The van der Waals surface area contributed by atoms with Crippen LogP contribution in [-0.2, 0) is 6.54 Å². The van der Waals surface area contributed by atoms with Crippen molar-refractivity contribution in [2.75, 3.05) is 0 Å². The van der Waals surface area contributed by atoms with E-state index in [1.54, 1.807) is 6.26 Å². The maximum atomic E-state index is 5.32. The molecule has 2 fully saturated rings. The monoisotopic (exact) mass is 250 g/mol. The highest BCUT2D eigenvalue weighted by molar-refractivity contribution is 7.80. The number of rotatable bonds is 3. The van der Waals surface area contributed by atoms with Crippen molar-refractivity contribution in [1.29, 1.82) is 0 Å². The van der Waals surface area contributed by atoms with E-state index in [-0.39, 0.29) is 0 Å². The van der Waals surface area contributed by atoms with Crippen molar-refractivity contribution in [3.8, 4) is 0 Å². The van der Waals surface area contributed by atoms with Crippen molar-refractivity contribution in [1.82, 2.24) is 10.6 Å². The average molecular weight is 250 g/mol. The SMILES string of the molecule is S=C(NCc1ccco1)N[C@@H]1C[C@H]2CC[C@H]1C2. The van der Waals surface area contributed by atoms with E-state index in [2.05, 4.69) is 10.6 Å². The van der Waals surface area contributed by atoms with Crippen LogP contribution in [0, 0.1) is 11.8 Å². The fraction of sp³-hybridized carbons (Fsp3) is 0.615.